The van der Waals surface area contributed by atoms with E-state index in [1.807, 2.05) is 12.1 Å². The summed E-state index contributed by atoms with van der Waals surface area (Å²) in [4.78, 5) is 41.5. The number of aromatic carboxylic acids is 1. The number of methoxy groups -OCH3 is 1. The smallest absolute Gasteiger partial charge is 0.348 e. The van der Waals surface area contributed by atoms with Crippen LogP contribution in [0, 0.1) is 5.41 Å². The molecule has 4 rings (SSSR count). The second-order valence-corrected chi connectivity index (χ2v) is 9.82. The number of benzene rings is 3. The highest BCUT2D eigenvalue weighted by molar-refractivity contribution is 5.95. The summed E-state index contributed by atoms with van der Waals surface area (Å²) in [5.74, 6) is -0.931. The molecule has 1 heterocycles. The van der Waals surface area contributed by atoms with Crippen LogP contribution in [0.25, 0.3) is 5.69 Å². The van der Waals surface area contributed by atoms with E-state index in [1.165, 1.54) is 24.1 Å². The molecule has 2 atom stereocenters. The molecule has 1 aromatic heterocycles. The van der Waals surface area contributed by atoms with Gasteiger partial charge in [-0.3, -0.25) is 15.2 Å². The van der Waals surface area contributed by atoms with Gasteiger partial charge in [-0.2, -0.15) is 4.68 Å². The van der Waals surface area contributed by atoms with Crippen molar-refractivity contribution in [1.82, 2.24) is 19.7 Å². The number of nitrogens with one attached hydrogen (secondary N) is 2. The number of H-pyrrole nitrogens is 1. The normalized spacial score (nSPS) is 12.3. The lowest BCUT2D eigenvalue weighted by atomic mass is 9.90. The Morgan fingerprint density at radius 1 is 1.10 bits per heavy atom. The number of aromatic amines is 1. The lowest BCUT2D eigenvalue weighted by Crippen LogP contribution is -2.35. The van der Waals surface area contributed by atoms with Crippen molar-refractivity contribution in [2.45, 2.75) is 25.4 Å². The predicted molar refractivity (Wildman–Crippen MR) is 156 cm³/mol. The number of carbonyl (C=O) groups is 2. The van der Waals surface area contributed by atoms with Gasteiger partial charge in [-0.25, -0.2) is 9.59 Å². The van der Waals surface area contributed by atoms with Crippen LogP contribution in [0.3, 0.4) is 0 Å². The number of nitrogens with zero attached hydrogens (tertiary/aromatic N) is 3. The van der Waals surface area contributed by atoms with Gasteiger partial charge in [-0.05, 0) is 48.7 Å². The minimum atomic E-state index is -1.19. The molecule has 0 bridgehead atoms. The summed E-state index contributed by atoms with van der Waals surface area (Å²) in [5, 5.41) is 21.8. The highest BCUT2D eigenvalue weighted by Gasteiger charge is 2.25. The van der Waals surface area contributed by atoms with Gasteiger partial charge >= 0.3 is 11.7 Å². The van der Waals surface area contributed by atoms with E-state index >= 15 is 0 Å². The zero-order valence-electron chi connectivity index (χ0n) is 23.6. The third-order valence-corrected chi connectivity index (χ3v) is 6.71. The fraction of sp³-hybridized carbons (Fsp3) is 0.233. The average Bonchev–Trinajstić information content (AvgIpc) is 3.36. The summed E-state index contributed by atoms with van der Waals surface area (Å²) in [6.07, 6.45) is -0.374. The lowest BCUT2D eigenvalue weighted by Gasteiger charge is -2.21. The third-order valence-electron chi connectivity index (χ3n) is 6.71. The van der Waals surface area contributed by atoms with Gasteiger partial charge < -0.3 is 25.2 Å². The second-order valence-electron chi connectivity index (χ2n) is 9.82. The summed E-state index contributed by atoms with van der Waals surface area (Å²) in [6.45, 7) is 1.65. The zero-order valence-corrected chi connectivity index (χ0v) is 23.6. The molecule has 0 aliphatic rings. The number of nitrogens with two attached hydrogens (primary N) is 1. The largest absolute Gasteiger partial charge is 0.493 e. The molecular formula is C30H32N6O6. The van der Waals surface area contributed by atoms with Crippen LogP contribution in [0.4, 0.5) is 0 Å². The third kappa shape index (κ3) is 6.33. The van der Waals surface area contributed by atoms with Crippen molar-refractivity contribution in [2.75, 3.05) is 21.2 Å². The number of nitrogen functional groups attached to an aromatic ring is 1. The van der Waals surface area contributed by atoms with E-state index in [2.05, 4.69) is 10.1 Å². The number of carbonyl (C=O) groups excluding carboxylic acids is 1. The van der Waals surface area contributed by atoms with Crippen LogP contribution in [0.5, 0.6) is 11.5 Å². The molecular weight excluding hydrogens is 540 g/mol. The number of rotatable bonds is 11. The minimum absolute atomic E-state index is 0.0550. The number of hydrogen-bond donors (Lipinski definition) is 4. The molecule has 12 heteroatoms. The van der Waals surface area contributed by atoms with Crippen molar-refractivity contribution in [3.05, 3.63) is 105 Å². The molecule has 3 aromatic carbocycles. The number of amides is 1. The number of aromatic nitrogens is 3. The monoisotopic (exact) mass is 572 g/mol. The first-order valence-electron chi connectivity index (χ1n) is 13.0. The SMILES string of the molecule is COc1cc(C(Cc2ccc(C(=N)N)cc2)c2nn(-c3ccccc3C(=O)O)c(=O)[nH]2)ccc1OC(C)C(=O)N(C)C. The highest BCUT2D eigenvalue weighted by Crippen LogP contribution is 2.35. The Labute approximate surface area is 241 Å². The molecule has 0 spiro atoms. The van der Waals surface area contributed by atoms with E-state index in [9.17, 15) is 19.5 Å². The Hall–Kier alpha value is -5.39. The van der Waals surface area contributed by atoms with E-state index in [-0.39, 0.29) is 23.0 Å². The van der Waals surface area contributed by atoms with Crippen LogP contribution < -0.4 is 20.9 Å². The van der Waals surface area contributed by atoms with Gasteiger partial charge in [-0.15, -0.1) is 5.10 Å². The van der Waals surface area contributed by atoms with Gasteiger partial charge in [-0.1, -0.05) is 42.5 Å². The van der Waals surface area contributed by atoms with E-state index in [0.29, 0.717) is 34.9 Å². The zero-order chi connectivity index (χ0) is 30.6. The molecule has 0 aliphatic carbocycles. The summed E-state index contributed by atoms with van der Waals surface area (Å²) in [7, 11) is 4.77. The Balaban J connectivity index is 1.79. The van der Waals surface area contributed by atoms with Crippen molar-refractivity contribution in [3.63, 3.8) is 0 Å². The summed E-state index contributed by atoms with van der Waals surface area (Å²) in [6, 6.07) is 18.5. The van der Waals surface area contributed by atoms with Crippen molar-refractivity contribution in [3.8, 4) is 17.2 Å². The van der Waals surface area contributed by atoms with Gasteiger partial charge in [0.05, 0.1) is 18.4 Å². The van der Waals surface area contributed by atoms with Crippen molar-refractivity contribution >= 4 is 17.7 Å². The quantitative estimate of drug-likeness (QED) is 0.157. The second kappa shape index (κ2) is 12.4. The number of carboxylic acid groups (broad SMARTS) is 1. The van der Waals surface area contributed by atoms with Gasteiger partial charge in [0.15, 0.2) is 17.6 Å². The predicted octanol–water partition coefficient (Wildman–Crippen LogP) is 2.78. The minimum Gasteiger partial charge on any atom is -0.493 e. The van der Waals surface area contributed by atoms with Crippen LogP contribution in [0.15, 0.2) is 71.5 Å². The van der Waals surface area contributed by atoms with Crippen LogP contribution in [-0.4, -0.2) is 69.8 Å². The molecule has 0 saturated carbocycles. The van der Waals surface area contributed by atoms with E-state index in [4.69, 9.17) is 20.6 Å². The van der Waals surface area contributed by atoms with E-state index in [1.54, 1.807) is 63.5 Å². The molecule has 218 valence electrons. The first-order valence-corrected chi connectivity index (χ1v) is 13.0. The molecule has 5 N–H and O–H groups in total. The number of ether oxygens (including phenoxy) is 2. The van der Waals surface area contributed by atoms with Gasteiger partial charge in [0.2, 0.25) is 0 Å². The Bertz CT molecular complexity index is 1670. The summed E-state index contributed by atoms with van der Waals surface area (Å²) >= 11 is 0. The van der Waals surface area contributed by atoms with Crippen LogP contribution >= 0.6 is 0 Å². The Morgan fingerprint density at radius 3 is 2.40 bits per heavy atom. The maximum atomic E-state index is 13.1. The number of likely N-dealkylation sites (N-methyl/N-ethyl adjacent to an activating group) is 1. The molecule has 12 nitrogen and oxygen atoms in total. The number of para-hydroxylation sites is 1. The molecule has 42 heavy (non-hydrogen) atoms. The molecule has 0 fully saturated rings. The Kier molecular flexibility index (Phi) is 8.75. The fourth-order valence-corrected chi connectivity index (χ4v) is 4.53. The first-order chi connectivity index (χ1) is 20.0. The van der Waals surface area contributed by atoms with Gasteiger partial charge in [0, 0.05) is 25.6 Å². The number of amidine groups is 1. The highest BCUT2D eigenvalue weighted by atomic mass is 16.5. The average molecular weight is 573 g/mol. The number of carboxylic acids is 1. The Morgan fingerprint density at radius 2 is 1.79 bits per heavy atom. The first kappa shape index (κ1) is 29.6. The van der Waals surface area contributed by atoms with Crippen LogP contribution in [0.2, 0.25) is 0 Å². The molecule has 0 radical (unpaired) electrons. The fourth-order valence-electron chi connectivity index (χ4n) is 4.53. The summed E-state index contributed by atoms with van der Waals surface area (Å²) < 4.78 is 12.5. The van der Waals surface area contributed by atoms with E-state index < -0.39 is 23.7 Å². The molecule has 1 amide bonds. The van der Waals surface area contributed by atoms with Gasteiger partial charge in [0.25, 0.3) is 5.91 Å². The number of hydrogen-bond acceptors (Lipinski definition) is 7. The molecule has 0 aliphatic heterocycles. The van der Waals surface area contributed by atoms with Crippen LogP contribution in [0.1, 0.15) is 45.7 Å². The maximum Gasteiger partial charge on any atom is 0.348 e. The topological polar surface area (TPSA) is 177 Å². The van der Waals surface area contributed by atoms with E-state index in [0.717, 1.165) is 10.2 Å². The van der Waals surface area contributed by atoms with Crippen molar-refractivity contribution < 1.29 is 24.2 Å². The summed E-state index contributed by atoms with van der Waals surface area (Å²) in [5.41, 5.74) is 7.23. The molecule has 2 unspecified atom stereocenters. The molecule has 0 saturated heterocycles. The van der Waals surface area contributed by atoms with Crippen molar-refractivity contribution in [2.24, 2.45) is 5.73 Å². The maximum absolute atomic E-state index is 13.1. The lowest BCUT2D eigenvalue weighted by molar-refractivity contribution is -0.135. The molecule has 4 aromatic rings. The standard InChI is InChI=1S/C30H32N6O6/c1-17(28(37)35(2)3)42-24-14-13-20(16-25(24)41-4)22(15-18-9-11-19(12-10-18)26(31)32)27-33-30(40)36(34-27)23-8-6-5-7-21(23)29(38)39/h5-14,16-17,22H,15H2,1-4H3,(H3,31,32)(H,38,39)(H,33,34,40). The van der Waals surface area contributed by atoms with Crippen LogP contribution in [-0.2, 0) is 11.2 Å². The van der Waals surface area contributed by atoms with Crippen molar-refractivity contribution in [1.29, 1.82) is 5.41 Å². The van der Waals surface area contributed by atoms with Gasteiger partial charge in [0.1, 0.15) is 11.7 Å².